The van der Waals surface area contributed by atoms with Crippen LogP contribution in [-0.4, -0.2) is 12.2 Å². The summed E-state index contributed by atoms with van der Waals surface area (Å²) in [7, 11) is 0. The molecule has 0 spiro atoms. The van der Waals surface area contributed by atoms with Gasteiger partial charge in [0.2, 0.25) is 0 Å². The van der Waals surface area contributed by atoms with Gasteiger partial charge in [0.1, 0.15) is 0 Å². The molecule has 1 nitrogen and oxygen atoms in total. The Balaban J connectivity index is 2.02. The molecule has 0 aliphatic carbocycles. The van der Waals surface area contributed by atoms with Crippen LogP contribution < -0.4 is 0 Å². The van der Waals surface area contributed by atoms with Crippen molar-refractivity contribution in [1.82, 2.24) is 0 Å². The number of hydrogen-bond donors (Lipinski definition) is 0. The molecule has 0 radical (unpaired) electrons. The third-order valence-electron chi connectivity index (χ3n) is 3.05. The van der Waals surface area contributed by atoms with E-state index < -0.39 is 0 Å². The molecule has 2 saturated heterocycles. The molecule has 2 bridgehead atoms. The Morgan fingerprint density at radius 3 is 1.73 bits per heavy atom. The van der Waals surface area contributed by atoms with E-state index in [0.717, 1.165) is 71.3 Å². The summed E-state index contributed by atoms with van der Waals surface area (Å²) in [5.74, 6) is 0. The first-order valence-electron chi connectivity index (χ1n) is 4.59. The van der Waals surface area contributed by atoms with Crippen LogP contribution >= 0.6 is 0 Å². The van der Waals surface area contributed by atoms with E-state index in [0.29, 0.717) is 0 Å². The van der Waals surface area contributed by atoms with Gasteiger partial charge in [-0.05, 0) is 0 Å². The molecule has 2 aliphatic rings. The molecule has 4 unspecified atom stereocenters. The van der Waals surface area contributed by atoms with Gasteiger partial charge in [-0.15, -0.1) is 0 Å². The summed E-state index contributed by atoms with van der Waals surface area (Å²) in [6.07, 6.45) is 7.25. The number of hydrogen-bond acceptors (Lipinski definition) is 1. The van der Waals surface area contributed by atoms with Gasteiger partial charge in [0.15, 0.2) is 0 Å². The van der Waals surface area contributed by atoms with Crippen LogP contribution in [0.5, 0.6) is 0 Å². The standard InChI is InChI=1S/C8H12O.2Hg/c1-3-7-5-2-6-8(4-1)9-7;;/h3,6-8H,1-2,4-5H2;;. The molecule has 0 saturated carbocycles. The van der Waals surface area contributed by atoms with Gasteiger partial charge in [0.25, 0.3) is 0 Å². The Hall–Kier alpha value is 1.83. The van der Waals surface area contributed by atoms with E-state index in [4.69, 9.17) is 4.74 Å². The van der Waals surface area contributed by atoms with Crippen molar-refractivity contribution < 1.29 is 57.0 Å². The summed E-state index contributed by atoms with van der Waals surface area (Å²) < 4.78 is 8.11. The molecule has 0 amide bonds. The third kappa shape index (κ3) is 2.01. The first-order chi connectivity index (χ1) is 5.27. The Morgan fingerprint density at radius 2 is 1.27 bits per heavy atom. The molecule has 54 valence electrons. The van der Waals surface area contributed by atoms with Crippen LogP contribution in [0.4, 0.5) is 0 Å². The fourth-order valence-electron chi connectivity index (χ4n) is 2.18. The molecule has 2 fully saturated rings. The zero-order chi connectivity index (χ0) is 7.84. The second-order valence-corrected chi connectivity index (χ2v) is 12.0. The van der Waals surface area contributed by atoms with Crippen LogP contribution in [0.2, 0.25) is 6.85 Å². The van der Waals surface area contributed by atoms with Crippen LogP contribution in [0, 0.1) is 0 Å². The van der Waals surface area contributed by atoms with E-state index in [9.17, 15) is 0 Å². The van der Waals surface area contributed by atoms with Crippen LogP contribution in [0.3, 0.4) is 0 Å². The number of ether oxygens (including phenoxy) is 1. The van der Waals surface area contributed by atoms with Crippen molar-refractivity contribution in [3.05, 3.63) is 0 Å². The maximum atomic E-state index is 6.04. The van der Waals surface area contributed by atoms with Gasteiger partial charge in [-0.2, -0.15) is 0 Å². The van der Waals surface area contributed by atoms with E-state index in [-0.39, 0.29) is 0 Å². The van der Waals surface area contributed by atoms with Crippen molar-refractivity contribution in [3.8, 4) is 0 Å². The van der Waals surface area contributed by atoms with Crippen molar-refractivity contribution >= 4 is 0 Å². The molecular formula is C8H12Hg2O. The van der Waals surface area contributed by atoms with E-state index >= 15 is 0 Å². The fourth-order valence-corrected chi connectivity index (χ4v) is 6.71. The Morgan fingerprint density at radius 1 is 0.818 bits per heavy atom. The Kier molecular flexibility index (Phi) is 3.34. The van der Waals surface area contributed by atoms with Gasteiger partial charge in [-0.3, -0.25) is 0 Å². The zero-order valence-corrected chi connectivity index (χ0v) is 18.0. The third-order valence-corrected chi connectivity index (χ3v) is 10.3. The summed E-state index contributed by atoms with van der Waals surface area (Å²) in [6, 6.07) is 0. The molecule has 11 heavy (non-hydrogen) atoms. The summed E-state index contributed by atoms with van der Waals surface area (Å²) in [6.45, 7) is 0. The molecule has 0 N–H and O–H groups in total. The van der Waals surface area contributed by atoms with Gasteiger partial charge in [-0.1, -0.05) is 0 Å². The van der Waals surface area contributed by atoms with Crippen LogP contribution in [0.25, 0.3) is 0 Å². The SMILES string of the molecule is [Hg][CH]1CCC2OC1CC[CH]2[Hg]. The molecule has 2 rings (SSSR count). The summed E-state index contributed by atoms with van der Waals surface area (Å²) >= 11 is 1.91. The van der Waals surface area contributed by atoms with Crippen LogP contribution in [-0.2, 0) is 57.0 Å². The summed E-state index contributed by atoms with van der Waals surface area (Å²) in [5.41, 5.74) is 0. The molecule has 2 aliphatic heterocycles. The maximum absolute atomic E-state index is 6.04. The summed E-state index contributed by atoms with van der Waals surface area (Å²) in [5, 5.41) is 0. The minimum atomic E-state index is 0.719. The van der Waals surface area contributed by atoms with Crippen molar-refractivity contribution in [3.63, 3.8) is 0 Å². The van der Waals surface area contributed by atoms with Gasteiger partial charge in [0.05, 0.1) is 0 Å². The molecule has 2 heterocycles. The zero-order valence-electron chi connectivity index (χ0n) is 6.96. The molecule has 0 aromatic heterocycles. The van der Waals surface area contributed by atoms with Gasteiger partial charge < -0.3 is 0 Å². The summed E-state index contributed by atoms with van der Waals surface area (Å²) in [4.78, 5) is 0. The first kappa shape index (κ1) is 9.39. The molecular weight excluding hydrogens is 513 g/mol. The van der Waals surface area contributed by atoms with E-state index in [2.05, 4.69) is 0 Å². The monoisotopic (exact) mass is 528 g/mol. The van der Waals surface area contributed by atoms with E-state index in [1.165, 1.54) is 25.7 Å². The molecule has 4 atom stereocenters. The predicted molar refractivity (Wildman–Crippen MR) is 34.6 cm³/mol. The Labute approximate surface area is 101 Å². The second-order valence-electron chi connectivity index (χ2n) is 3.89. The topological polar surface area (TPSA) is 9.23 Å². The average molecular weight is 525 g/mol. The average Bonchev–Trinajstić information content (AvgIpc) is 2.02. The van der Waals surface area contributed by atoms with Crippen molar-refractivity contribution in [2.75, 3.05) is 0 Å². The van der Waals surface area contributed by atoms with Gasteiger partial charge in [-0.25, -0.2) is 0 Å². The minimum absolute atomic E-state index is 0.719. The molecule has 0 aromatic rings. The van der Waals surface area contributed by atoms with Crippen LogP contribution in [0.1, 0.15) is 25.7 Å². The molecule has 0 aromatic carbocycles. The van der Waals surface area contributed by atoms with Crippen molar-refractivity contribution in [2.24, 2.45) is 0 Å². The van der Waals surface area contributed by atoms with Crippen LogP contribution in [0.15, 0.2) is 0 Å². The molecule has 3 heteroatoms. The number of rotatable bonds is 0. The predicted octanol–water partition coefficient (Wildman–Crippen LogP) is 2.00. The van der Waals surface area contributed by atoms with E-state index in [1.807, 2.05) is 0 Å². The number of fused-ring (bicyclic) bond motifs is 2. The second kappa shape index (κ2) is 3.91. The van der Waals surface area contributed by atoms with Crippen molar-refractivity contribution in [2.45, 2.75) is 44.7 Å². The quantitative estimate of drug-likeness (QED) is 0.440. The van der Waals surface area contributed by atoms with Gasteiger partial charge >= 0.3 is 102 Å². The fraction of sp³-hybridized carbons (Fsp3) is 1.00. The van der Waals surface area contributed by atoms with E-state index in [1.54, 1.807) is 0 Å². The van der Waals surface area contributed by atoms with Gasteiger partial charge in [0, 0.05) is 0 Å². The van der Waals surface area contributed by atoms with Crippen molar-refractivity contribution in [1.29, 1.82) is 0 Å². The first-order valence-corrected chi connectivity index (χ1v) is 10.9. The Bertz CT molecular complexity index is 135. The normalized spacial score (nSPS) is 50.9.